The number of alkyl halides is 3. The lowest BCUT2D eigenvalue weighted by Gasteiger charge is -2.29. The molecule has 1 fully saturated rings. The fourth-order valence-electron chi connectivity index (χ4n) is 5.75. The number of hydrogen-bond acceptors (Lipinski definition) is 9. The number of hydrogen-bond donors (Lipinski definition) is 2. The number of benzene rings is 2. The standard InChI is InChI=1S/C30H35F3N6O5S/c1-38-13-7-9-19(17-38)27(40)35-20-11-12-23(24(15-20)43-3)36-29-34-16-22(30(31,32)33)28(37-29)44-25-14-18-8-5-6-10-21(18)26(25)39(2)45(4,41)42/h5-6,8,10-12,15-16,19,25-26H,7,9,13-14,17H2,1-4H3,(H,35,40)(H,34,36,37)/t19?,25-,26-/m1/s1. The van der Waals surface area contributed by atoms with E-state index in [-0.39, 0.29) is 24.2 Å². The molecule has 3 atom stereocenters. The number of nitrogens with zero attached hydrogens (tertiary/aromatic N) is 4. The summed E-state index contributed by atoms with van der Waals surface area (Å²) in [7, 11) is 1.03. The first-order chi connectivity index (χ1) is 21.2. The number of methoxy groups -OCH3 is 1. The highest BCUT2D eigenvalue weighted by Crippen LogP contribution is 2.42. The Labute approximate surface area is 259 Å². The molecule has 0 saturated carbocycles. The summed E-state index contributed by atoms with van der Waals surface area (Å²) >= 11 is 0. The molecule has 1 aliphatic heterocycles. The topological polar surface area (TPSA) is 126 Å². The zero-order valence-corrected chi connectivity index (χ0v) is 26.1. The molecule has 3 aromatic rings. The van der Waals surface area contributed by atoms with Crippen LogP contribution in [0.1, 0.15) is 35.6 Å². The van der Waals surface area contributed by atoms with Gasteiger partial charge in [-0.05, 0) is 49.7 Å². The smallest absolute Gasteiger partial charge is 0.423 e. The number of likely N-dealkylation sites (tertiary alicyclic amines) is 1. The van der Waals surface area contributed by atoms with Crippen molar-refractivity contribution in [3.8, 4) is 11.6 Å². The van der Waals surface area contributed by atoms with Gasteiger partial charge >= 0.3 is 6.18 Å². The van der Waals surface area contributed by atoms with Crippen molar-refractivity contribution in [1.29, 1.82) is 0 Å². The summed E-state index contributed by atoms with van der Waals surface area (Å²) in [4.78, 5) is 22.9. The summed E-state index contributed by atoms with van der Waals surface area (Å²) in [6, 6.07) is 11.0. The lowest BCUT2D eigenvalue weighted by atomic mass is 9.97. The van der Waals surface area contributed by atoms with E-state index in [1.54, 1.807) is 42.5 Å². The molecule has 5 rings (SSSR count). The van der Waals surface area contributed by atoms with Crippen molar-refractivity contribution in [1.82, 2.24) is 19.2 Å². The van der Waals surface area contributed by atoms with Crippen LogP contribution in [0.3, 0.4) is 0 Å². The average molecular weight is 649 g/mol. The van der Waals surface area contributed by atoms with Crippen LogP contribution < -0.4 is 20.1 Å². The van der Waals surface area contributed by atoms with Crippen molar-refractivity contribution in [3.05, 3.63) is 65.4 Å². The van der Waals surface area contributed by atoms with Gasteiger partial charge in [0.25, 0.3) is 0 Å². The number of piperidine rings is 1. The number of carbonyl (C=O) groups is 1. The summed E-state index contributed by atoms with van der Waals surface area (Å²) < 4.78 is 79.6. The summed E-state index contributed by atoms with van der Waals surface area (Å²) in [5, 5.41) is 5.78. The quantitative estimate of drug-likeness (QED) is 0.346. The minimum absolute atomic E-state index is 0.105. The molecule has 45 heavy (non-hydrogen) atoms. The molecule has 1 saturated heterocycles. The molecule has 2 aliphatic rings. The molecule has 1 aromatic heterocycles. The van der Waals surface area contributed by atoms with Crippen molar-refractivity contribution in [3.63, 3.8) is 0 Å². The van der Waals surface area contributed by atoms with Crippen molar-refractivity contribution >= 4 is 33.3 Å². The van der Waals surface area contributed by atoms with Gasteiger partial charge in [-0.2, -0.15) is 22.5 Å². The van der Waals surface area contributed by atoms with E-state index in [1.807, 2.05) is 7.05 Å². The molecular formula is C30H35F3N6O5S. The van der Waals surface area contributed by atoms with Crippen LogP contribution in [0, 0.1) is 5.92 Å². The van der Waals surface area contributed by atoms with Crippen LogP contribution in [-0.2, 0) is 27.4 Å². The number of amides is 1. The summed E-state index contributed by atoms with van der Waals surface area (Å²) in [5.74, 6) is -0.908. The van der Waals surface area contributed by atoms with Gasteiger partial charge in [-0.15, -0.1) is 0 Å². The Balaban J connectivity index is 1.40. The number of fused-ring (bicyclic) bond motifs is 1. The van der Waals surface area contributed by atoms with Crippen LogP contribution in [0.15, 0.2) is 48.7 Å². The zero-order chi connectivity index (χ0) is 32.5. The van der Waals surface area contributed by atoms with Gasteiger partial charge in [0.1, 0.15) is 17.4 Å². The predicted octanol–water partition coefficient (Wildman–Crippen LogP) is 4.46. The predicted molar refractivity (Wildman–Crippen MR) is 162 cm³/mol. The minimum atomic E-state index is -4.85. The van der Waals surface area contributed by atoms with Gasteiger partial charge in [0, 0.05) is 38.0 Å². The van der Waals surface area contributed by atoms with E-state index >= 15 is 0 Å². The van der Waals surface area contributed by atoms with E-state index in [1.165, 1.54) is 14.2 Å². The van der Waals surface area contributed by atoms with Crippen molar-refractivity contribution in [2.75, 3.05) is 51.2 Å². The summed E-state index contributed by atoms with van der Waals surface area (Å²) in [6.07, 6.45) is -2.30. The molecule has 2 aromatic carbocycles. The number of aromatic nitrogens is 2. The first kappa shape index (κ1) is 32.4. The SMILES string of the molecule is COc1cc(NC(=O)C2CCCN(C)C2)ccc1Nc1ncc(C(F)(F)F)c(O[C@@H]2Cc3ccccc3[C@H]2N(C)S(C)(=O)=O)n1. The Morgan fingerprint density at radius 2 is 1.93 bits per heavy atom. The Morgan fingerprint density at radius 1 is 1.18 bits per heavy atom. The lowest BCUT2D eigenvalue weighted by Crippen LogP contribution is -2.38. The molecular weight excluding hydrogens is 613 g/mol. The molecule has 0 spiro atoms. The largest absolute Gasteiger partial charge is 0.494 e. The monoisotopic (exact) mass is 648 g/mol. The second-order valence-corrected chi connectivity index (χ2v) is 13.4. The number of nitrogens with one attached hydrogen (secondary N) is 2. The Kier molecular flexibility index (Phi) is 9.23. The number of likely N-dealkylation sites (N-methyl/N-ethyl adjacent to an activating group) is 1. The number of rotatable bonds is 9. The minimum Gasteiger partial charge on any atom is -0.494 e. The van der Waals surface area contributed by atoms with Crippen LogP contribution in [0.5, 0.6) is 11.6 Å². The van der Waals surface area contributed by atoms with Gasteiger partial charge in [0.15, 0.2) is 0 Å². The fourth-order valence-corrected chi connectivity index (χ4v) is 6.41. The third kappa shape index (κ3) is 7.31. The van der Waals surface area contributed by atoms with Crippen molar-refractivity contribution < 1.29 is 35.9 Å². The van der Waals surface area contributed by atoms with Gasteiger partial charge in [0.05, 0.1) is 31.0 Å². The first-order valence-corrected chi connectivity index (χ1v) is 16.2. The number of anilines is 3. The molecule has 1 amide bonds. The third-order valence-electron chi connectivity index (χ3n) is 8.09. The number of carbonyl (C=O) groups excluding carboxylic acids is 1. The van der Waals surface area contributed by atoms with Gasteiger partial charge in [-0.25, -0.2) is 13.4 Å². The molecule has 1 unspecified atom stereocenters. The van der Waals surface area contributed by atoms with Crippen LogP contribution in [0.2, 0.25) is 0 Å². The molecule has 2 heterocycles. The van der Waals surface area contributed by atoms with Crippen molar-refractivity contribution in [2.45, 2.75) is 37.6 Å². The fraction of sp³-hybridized carbons (Fsp3) is 0.433. The second kappa shape index (κ2) is 12.8. The van der Waals surface area contributed by atoms with Crippen LogP contribution in [0.25, 0.3) is 0 Å². The highest BCUT2D eigenvalue weighted by atomic mass is 32.2. The molecule has 2 N–H and O–H groups in total. The average Bonchev–Trinajstić information content (AvgIpc) is 3.34. The Hall–Kier alpha value is -3.95. The van der Waals surface area contributed by atoms with Gasteiger partial charge in [-0.1, -0.05) is 24.3 Å². The van der Waals surface area contributed by atoms with E-state index in [2.05, 4.69) is 25.5 Å². The van der Waals surface area contributed by atoms with E-state index in [0.29, 0.717) is 35.4 Å². The van der Waals surface area contributed by atoms with Crippen LogP contribution in [-0.4, -0.2) is 80.2 Å². The number of ether oxygens (including phenoxy) is 2. The van der Waals surface area contributed by atoms with E-state index < -0.39 is 39.8 Å². The highest BCUT2D eigenvalue weighted by Gasteiger charge is 2.43. The number of halogens is 3. The Morgan fingerprint density at radius 3 is 2.62 bits per heavy atom. The van der Waals surface area contributed by atoms with Gasteiger partial charge in [0.2, 0.25) is 27.8 Å². The second-order valence-electron chi connectivity index (χ2n) is 11.3. The maximum atomic E-state index is 14.1. The molecule has 15 heteroatoms. The van der Waals surface area contributed by atoms with Crippen LogP contribution >= 0.6 is 0 Å². The van der Waals surface area contributed by atoms with E-state index in [9.17, 15) is 26.4 Å². The zero-order valence-electron chi connectivity index (χ0n) is 25.3. The maximum Gasteiger partial charge on any atom is 0.423 e. The lowest BCUT2D eigenvalue weighted by molar-refractivity contribution is -0.140. The normalized spacial score (nSPS) is 20.5. The Bertz CT molecular complexity index is 1670. The number of sulfonamides is 1. The molecule has 11 nitrogen and oxygen atoms in total. The highest BCUT2D eigenvalue weighted by molar-refractivity contribution is 7.88. The van der Waals surface area contributed by atoms with Gasteiger partial charge in [-0.3, -0.25) is 4.79 Å². The molecule has 0 bridgehead atoms. The van der Waals surface area contributed by atoms with Crippen LogP contribution in [0.4, 0.5) is 30.5 Å². The van der Waals surface area contributed by atoms with Crippen molar-refractivity contribution in [2.24, 2.45) is 5.92 Å². The molecule has 242 valence electrons. The van der Waals surface area contributed by atoms with E-state index in [4.69, 9.17) is 9.47 Å². The third-order valence-corrected chi connectivity index (χ3v) is 9.37. The van der Waals surface area contributed by atoms with E-state index in [0.717, 1.165) is 35.5 Å². The summed E-state index contributed by atoms with van der Waals surface area (Å²) in [5.41, 5.74) is 1.03. The molecule has 0 radical (unpaired) electrons. The maximum absolute atomic E-state index is 14.1. The van der Waals surface area contributed by atoms with Gasteiger partial charge < -0.3 is 25.0 Å². The molecule has 1 aliphatic carbocycles. The first-order valence-electron chi connectivity index (χ1n) is 14.3. The summed E-state index contributed by atoms with van der Waals surface area (Å²) in [6.45, 7) is 1.61.